The maximum atomic E-state index is 7.87. The van der Waals surface area contributed by atoms with Crippen LogP contribution in [0.5, 0.6) is 0 Å². The highest BCUT2D eigenvalue weighted by molar-refractivity contribution is 5.99. The molecule has 3 heterocycles. The number of nitrogens with one attached hydrogen (secondary N) is 3. The average Bonchev–Trinajstić information content (AvgIpc) is 3.25. The first-order chi connectivity index (χ1) is 15.1. The Kier molecular flexibility index (Phi) is 5.50. The van der Waals surface area contributed by atoms with Crippen molar-refractivity contribution in [3.05, 3.63) is 42.2 Å². The van der Waals surface area contributed by atoms with Crippen molar-refractivity contribution in [2.75, 3.05) is 17.7 Å². The van der Waals surface area contributed by atoms with Gasteiger partial charge in [-0.15, -0.1) is 10.2 Å². The molecule has 1 aliphatic rings. The predicted molar refractivity (Wildman–Crippen MR) is 130 cm³/mol. The lowest BCUT2D eigenvalue weighted by molar-refractivity contribution is 0.160. The Morgan fingerprint density at radius 3 is 2.31 bits per heavy atom. The van der Waals surface area contributed by atoms with Gasteiger partial charge in [0.2, 0.25) is 0 Å². The molecule has 3 aromatic rings. The second-order valence-corrected chi connectivity index (χ2v) is 9.96. The number of benzene rings is 1. The molecule has 1 fully saturated rings. The Morgan fingerprint density at radius 1 is 1.06 bits per heavy atom. The van der Waals surface area contributed by atoms with Gasteiger partial charge in [-0.2, -0.15) is 5.10 Å². The highest BCUT2D eigenvalue weighted by Gasteiger charge is 2.39. The number of hydrogen-bond acceptors (Lipinski definition) is 7. The molecule has 0 atom stereocenters. The number of rotatable bonds is 5. The van der Waals surface area contributed by atoms with Crippen LogP contribution >= 0.6 is 0 Å². The van der Waals surface area contributed by atoms with Gasteiger partial charge in [0.25, 0.3) is 0 Å². The molecule has 4 rings (SSSR count). The van der Waals surface area contributed by atoms with Crippen LogP contribution in [-0.4, -0.2) is 50.8 Å². The number of nitrogen functional groups attached to an aromatic ring is 1. The maximum Gasteiger partial charge on any atom is 0.151 e. The summed E-state index contributed by atoms with van der Waals surface area (Å²) in [6, 6.07) is 8.18. The van der Waals surface area contributed by atoms with E-state index >= 15 is 0 Å². The van der Waals surface area contributed by atoms with E-state index in [0.717, 1.165) is 35.3 Å². The van der Waals surface area contributed by atoms with Crippen molar-refractivity contribution in [3.63, 3.8) is 0 Å². The Morgan fingerprint density at radius 2 is 1.75 bits per heavy atom. The second-order valence-electron chi connectivity index (χ2n) is 9.96. The van der Waals surface area contributed by atoms with Crippen LogP contribution in [0, 0.1) is 5.41 Å². The lowest BCUT2D eigenvalue weighted by Gasteiger charge is -2.49. The Balaban J connectivity index is 1.61. The van der Waals surface area contributed by atoms with Gasteiger partial charge in [0.15, 0.2) is 5.82 Å². The van der Waals surface area contributed by atoms with Crippen molar-refractivity contribution < 1.29 is 0 Å². The number of nitrogens with zero attached hydrogens (tertiary/aromatic N) is 4. The van der Waals surface area contributed by atoms with Crippen LogP contribution in [0.3, 0.4) is 0 Å². The van der Waals surface area contributed by atoms with Crippen molar-refractivity contribution in [1.82, 2.24) is 25.7 Å². The highest BCUT2D eigenvalue weighted by atomic mass is 15.3. The molecule has 0 amide bonds. The molecule has 0 aliphatic carbocycles. The number of piperidine rings is 1. The van der Waals surface area contributed by atoms with Crippen molar-refractivity contribution in [3.8, 4) is 22.4 Å². The van der Waals surface area contributed by atoms with Gasteiger partial charge in [0.05, 0.1) is 17.6 Å². The molecule has 0 saturated carbocycles. The number of aromatic nitrogens is 4. The van der Waals surface area contributed by atoms with E-state index in [1.54, 1.807) is 12.4 Å². The SMILES string of the molecule is CN(c1ccc(-c2ccc(-c3cn[nH]c3)c(C=N)c2N)nn1)C1CC(C)(C)NC(C)(C)C1. The fraction of sp³-hybridized carbons (Fsp3) is 0.417. The molecule has 8 heteroatoms. The van der Waals surface area contributed by atoms with Gasteiger partial charge in [-0.3, -0.25) is 5.10 Å². The van der Waals surface area contributed by atoms with E-state index in [1.165, 1.54) is 6.21 Å². The zero-order valence-corrected chi connectivity index (χ0v) is 19.4. The number of H-pyrrole nitrogens is 1. The molecule has 1 aromatic carbocycles. The minimum Gasteiger partial charge on any atom is -0.398 e. The molecule has 0 spiro atoms. The summed E-state index contributed by atoms with van der Waals surface area (Å²) in [5.74, 6) is 0.841. The first-order valence-electron chi connectivity index (χ1n) is 10.9. The quantitative estimate of drug-likeness (QED) is 0.359. The lowest BCUT2D eigenvalue weighted by Crippen LogP contribution is -2.62. The van der Waals surface area contributed by atoms with Gasteiger partial charge in [0, 0.05) is 53.3 Å². The van der Waals surface area contributed by atoms with Gasteiger partial charge in [-0.1, -0.05) is 12.1 Å². The average molecular weight is 433 g/mol. The molecule has 1 aliphatic heterocycles. The third-order valence-electron chi connectivity index (χ3n) is 6.24. The summed E-state index contributed by atoms with van der Waals surface area (Å²) in [5, 5.41) is 27.4. The number of nitrogens with two attached hydrogens (primary N) is 1. The molecule has 2 aromatic heterocycles. The maximum absolute atomic E-state index is 7.87. The second kappa shape index (κ2) is 8.02. The number of hydrogen-bond donors (Lipinski definition) is 4. The largest absolute Gasteiger partial charge is 0.398 e. The molecule has 8 nitrogen and oxygen atoms in total. The normalized spacial score (nSPS) is 17.8. The number of aromatic amines is 1. The molecule has 5 N–H and O–H groups in total. The van der Waals surface area contributed by atoms with Gasteiger partial charge >= 0.3 is 0 Å². The van der Waals surface area contributed by atoms with Crippen LogP contribution in [0.25, 0.3) is 22.4 Å². The zero-order chi connectivity index (χ0) is 23.1. The fourth-order valence-corrected chi connectivity index (χ4v) is 5.05. The topological polar surface area (TPSA) is 120 Å². The van der Waals surface area contributed by atoms with E-state index in [0.29, 0.717) is 23.0 Å². The Labute approximate surface area is 189 Å². The third-order valence-corrected chi connectivity index (χ3v) is 6.24. The summed E-state index contributed by atoms with van der Waals surface area (Å²) in [6.07, 6.45) is 6.84. The Hall–Kier alpha value is -3.26. The summed E-state index contributed by atoms with van der Waals surface area (Å²) in [5.41, 5.74) is 10.9. The monoisotopic (exact) mass is 432 g/mol. The van der Waals surface area contributed by atoms with Crippen LogP contribution in [0.4, 0.5) is 11.5 Å². The van der Waals surface area contributed by atoms with Gasteiger partial charge in [-0.05, 0) is 58.2 Å². The van der Waals surface area contributed by atoms with E-state index in [-0.39, 0.29) is 11.1 Å². The lowest BCUT2D eigenvalue weighted by atomic mass is 9.79. The van der Waals surface area contributed by atoms with E-state index in [9.17, 15) is 0 Å². The van der Waals surface area contributed by atoms with Crippen LogP contribution < -0.4 is 16.0 Å². The zero-order valence-electron chi connectivity index (χ0n) is 19.4. The molecule has 0 unspecified atom stereocenters. The molecule has 0 bridgehead atoms. The molecule has 32 heavy (non-hydrogen) atoms. The highest BCUT2D eigenvalue weighted by Crippen LogP contribution is 2.35. The predicted octanol–water partition coefficient (Wildman–Crippen LogP) is 3.86. The molecular formula is C24H32N8. The standard InChI is InChI=1S/C24H32N8/c1-23(2)10-16(11-24(3,4)31-23)32(5)21-9-8-20(29-30-21)18-7-6-17(15-13-27-28-14-15)19(12-25)22(18)26/h6-9,12-14,16,25,31H,10-11,26H2,1-5H3,(H,27,28). The van der Waals surface area contributed by atoms with E-state index < -0.39 is 0 Å². The first kappa shape index (κ1) is 22.0. The van der Waals surface area contributed by atoms with Crippen molar-refractivity contribution in [2.45, 2.75) is 57.7 Å². The van der Waals surface area contributed by atoms with Crippen LogP contribution in [0.1, 0.15) is 46.1 Å². The third kappa shape index (κ3) is 4.23. The van der Waals surface area contributed by atoms with Gasteiger partial charge in [-0.25, -0.2) is 0 Å². The molecule has 168 valence electrons. The minimum atomic E-state index is 0.0579. The summed E-state index contributed by atoms with van der Waals surface area (Å²) in [7, 11) is 2.09. The van der Waals surface area contributed by atoms with Crippen LogP contribution in [0.2, 0.25) is 0 Å². The van der Waals surface area contributed by atoms with E-state index in [4.69, 9.17) is 11.1 Å². The van der Waals surface area contributed by atoms with Gasteiger partial charge in [0.1, 0.15) is 0 Å². The summed E-state index contributed by atoms with van der Waals surface area (Å²) >= 11 is 0. The molecular weight excluding hydrogens is 400 g/mol. The van der Waals surface area contributed by atoms with Crippen LogP contribution in [-0.2, 0) is 0 Å². The van der Waals surface area contributed by atoms with E-state index in [1.807, 2.05) is 24.3 Å². The minimum absolute atomic E-state index is 0.0579. The molecule has 1 saturated heterocycles. The summed E-state index contributed by atoms with van der Waals surface area (Å²) in [4.78, 5) is 2.23. The Bertz CT molecular complexity index is 1080. The van der Waals surface area contributed by atoms with Crippen molar-refractivity contribution in [2.24, 2.45) is 0 Å². The summed E-state index contributed by atoms with van der Waals surface area (Å²) < 4.78 is 0. The van der Waals surface area contributed by atoms with Crippen molar-refractivity contribution >= 4 is 17.7 Å². The molecule has 0 radical (unpaired) electrons. The van der Waals surface area contributed by atoms with E-state index in [2.05, 4.69) is 65.4 Å². The van der Waals surface area contributed by atoms with Gasteiger partial charge < -0.3 is 21.4 Å². The summed E-state index contributed by atoms with van der Waals surface area (Å²) in [6.45, 7) is 9.00. The first-order valence-corrected chi connectivity index (χ1v) is 10.9. The number of anilines is 2. The van der Waals surface area contributed by atoms with Crippen molar-refractivity contribution in [1.29, 1.82) is 5.41 Å². The van der Waals surface area contributed by atoms with Crippen LogP contribution in [0.15, 0.2) is 36.7 Å². The fourth-order valence-electron chi connectivity index (χ4n) is 5.05. The smallest absolute Gasteiger partial charge is 0.151 e.